The zero-order valence-electron chi connectivity index (χ0n) is 9.21. The van der Waals surface area contributed by atoms with E-state index in [0.29, 0.717) is 11.8 Å². The van der Waals surface area contributed by atoms with E-state index in [1.807, 2.05) is 14.1 Å². The van der Waals surface area contributed by atoms with Crippen LogP contribution in [0.2, 0.25) is 0 Å². The third-order valence-corrected chi connectivity index (χ3v) is 3.21. The Morgan fingerprint density at radius 3 is 2.31 bits per heavy atom. The van der Waals surface area contributed by atoms with Crippen LogP contribution in [-0.4, -0.2) is 24.9 Å². The molecule has 0 aromatic heterocycles. The van der Waals surface area contributed by atoms with E-state index >= 15 is 0 Å². The van der Waals surface area contributed by atoms with E-state index in [-0.39, 0.29) is 0 Å². The highest BCUT2D eigenvalue weighted by Crippen LogP contribution is 2.36. The monoisotopic (exact) mass is 183 g/mol. The molecule has 0 spiro atoms. The zero-order valence-corrected chi connectivity index (χ0v) is 9.21. The van der Waals surface area contributed by atoms with E-state index in [2.05, 4.69) is 13.8 Å². The van der Waals surface area contributed by atoms with Crippen molar-refractivity contribution in [1.29, 1.82) is 0 Å². The quantitative estimate of drug-likeness (QED) is 0.642. The summed E-state index contributed by atoms with van der Waals surface area (Å²) < 4.78 is 0. The largest absolute Gasteiger partial charge is 0.349 e. The van der Waals surface area contributed by atoms with Crippen molar-refractivity contribution in [3.63, 3.8) is 0 Å². The Morgan fingerprint density at radius 1 is 1.31 bits per heavy atom. The Kier molecular flexibility index (Phi) is 3.34. The van der Waals surface area contributed by atoms with Crippen molar-refractivity contribution in [2.24, 2.45) is 17.8 Å². The van der Waals surface area contributed by atoms with Crippen molar-refractivity contribution in [3.8, 4) is 0 Å². The lowest BCUT2D eigenvalue weighted by molar-refractivity contribution is -0.132. The van der Waals surface area contributed by atoms with E-state index in [1.54, 1.807) is 4.90 Å². The summed E-state index contributed by atoms with van der Waals surface area (Å²) in [6, 6.07) is 0. The first-order valence-corrected chi connectivity index (χ1v) is 5.23. The van der Waals surface area contributed by atoms with Gasteiger partial charge in [-0.25, -0.2) is 0 Å². The van der Waals surface area contributed by atoms with Crippen molar-refractivity contribution < 1.29 is 4.79 Å². The normalized spacial score (nSPS) is 28.1. The highest BCUT2D eigenvalue weighted by Gasteiger charge is 2.31. The Morgan fingerprint density at radius 2 is 1.92 bits per heavy atom. The van der Waals surface area contributed by atoms with Crippen LogP contribution < -0.4 is 0 Å². The van der Waals surface area contributed by atoms with Crippen LogP contribution in [0, 0.1) is 17.8 Å². The second kappa shape index (κ2) is 4.12. The topological polar surface area (TPSA) is 20.3 Å². The Bertz CT molecular complexity index is 187. The van der Waals surface area contributed by atoms with Crippen LogP contribution in [0.4, 0.5) is 0 Å². The highest BCUT2D eigenvalue weighted by atomic mass is 16.2. The van der Waals surface area contributed by atoms with Gasteiger partial charge in [-0.2, -0.15) is 0 Å². The summed E-state index contributed by atoms with van der Waals surface area (Å²) in [4.78, 5) is 13.4. The highest BCUT2D eigenvalue weighted by molar-refractivity contribution is 5.78. The molecule has 0 aromatic rings. The van der Waals surface area contributed by atoms with Gasteiger partial charge in [-0.1, -0.05) is 13.8 Å². The molecule has 76 valence electrons. The maximum absolute atomic E-state index is 11.6. The summed E-state index contributed by atoms with van der Waals surface area (Å²) in [5.41, 5.74) is 0. The van der Waals surface area contributed by atoms with Crippen molar-refractivity contribution in [3.05, 3.63) is 0 Å². The molecule has 0 radical (unpaired) electrons. The lowest BCUT2D eigenvalue weighted by Crippen LogP contribution is -2.28. The number of nitrogens with zero attached hydrogens (tertiary/aromatic N) is 1. The number of carbonyl (C=O) groups excluding carboxylic acids is 1. The van der Waals surface area contributed by atoms with Crippen molar-refractivity contribution in [1.82, 2.24) is 4.90 Å². The number of amides is 1. The van der Waals surface area contributed by atoms with Crippen LogP contribution in [0.3, 0.4) is 0 Å². The molecule has 2 unspecified atom stereocenters. The molecule has 2 atom stereocenters. The predicted molar refractivity (Wildman–Crippen MR) is 54.4 cm³/mol. The minimum atomic E-state index is 0.308. The molecule has 1 rings (SSSR count). The minimum Gasteiger partial charge on any atom is -0.349 e. The molecule has 0 N–H and O–H groups in total. The maximum atomic E-state index is 11.6. The summed E-state index contributed by atoms with van der Waals surface area (Å²) in [6.45, 7) is 4.51. The van der Waals surface area contributed by atoms with E-state index in [4.69, 9.17) is 0 Å². The summed E-state index contributed by atoms with van der Waals surface area (Å²) in [5.74, 6) is 2.14. The average Bonchev–Trinajstić information content (AvgIpc) is 2.50. The summed E-state index contributed by atoms with van der Waals surface area (Å²) in [5, 5.41) is 0. The van der Waals surface area contributed by atoms with Gasteiger partial charge in [0.15, 0.2) is 0 Å². The average molecular weight is 183 g/mol. The zero-order chi connectivity index (χ0) is 10.0. The van der Waals surface area contributed by atoms with Crippen LogP contribution in [0.25, 0.3) is 0 Å². The van der Waals surface area contributed by atoms with Gasteiger partial charge in [-0.05, 0) is 31.1 Å². The van der Waals surface area contributed by atoms with Crippen LogP contribution in [0.1, 0.15) is 33.1 Å². The fourth-order valence-electron chi connectivity index (χ4n) is 2.21. The molecule has 2 nitrogen and oxygen atoms in total. The fourth-order valence-corrected chi connectivity index (χ4v) is 2.21. The molecular formula is C11H21NO. The molecular weight excluding hydrogens is 162 g/mol. The van der Waals surface area contributed by atoms with Crippen molar-refractivity contribution in [2.45, 2.75) is 33.1 Å². The van der Waals surface area contributed by atoms with E-state index < -0.39 is 0 Å². The first kappa shape index (κ1) is 10.6. The predicted octanol–water partition coefficient (Wildman–Crippen LogP) is 2.15. The Hall–Kier alpha value is -0.530. The summed E-state index contributed by atoms with van der Waals surface area (Å²) in [6.07, 6.45) is 3.44. The lowest BCUT2D eigenvalue weighted by Gasteiger charge is -2.17. The number of carbonyl (C=O) groups is 1. The summed E-state index contributed by atoms with van der Waals surface area (Å²) >= 11 is 0. The first-order valence-electron chi connectivity index (χ1n) is 5.23. The molecule has 1 aliphatic carbocycles. The first-order chi connectivity index (χ1) is 6.02. The molecule has 0 heterocycles. The van der Waals surface area contributed by atoms with Crippen molar-refractivity contribution in [2.75, 3.05) is 14.1 Å². The minimum absolute atomic E-state index is 0.308. The van der Waals surface area contributed by atoms with Crippen LogP contribution in [0.15, 0.2) is 0 Å². The number of hydrogen-bond donors (Lipinski definition) is 0. The third-order valence-electron chi connectivity index (χ3n) is 3.21. The van der Waals surface area contributed by atoms with Crippen LogP contribution in [-0.2, 0) is 4.79 Å². The van der Waals surface area contributed by atoms with Crippen LogP contribution in [0.5, 0.6) is 0 Å². The maximum Gasteiger partial charge on any atom is 0.225 e. The molecule has 0 aliphatic heterocycles. The Balaban J connectivity index is 2.45. The SMILES string of the molecule is CC(C)C1CCC(C(=O)N(C)C)C1. The molecule has 2 heteroatoms. The fraction of sp³-hybridized carbons (Fsp3) is 0.909. The van der Waals surface area contributed by atoms with E-state index in [9.17, 15) is 4.79 Å². The molecule has 0 bridgehead atoms. The molecule has 1 aliphatic rings. The molecule has 1 fully saturated rings. The van der Waals surface area contributed by atoms with Gasteiger partial charge in [0.05, 0.1) is 0 Å². The molecule has 0 aromatic carbocycles. The third kappa shape index (κ3) is 2.45. The Labute approximate surface area is 81.3 Å². The van der Waals surface area contributed by atoms with Gasteiger partial charge in [0.2, 0.25) is 5.91 Å². The van der Waals surface area contributed by atoms with Crippen molar-refractivity contribution >= 4 is 5.91 Å². The van der Waals surface area contributed by atoms with E-state index in [1.165, 1.54) is 6.42 Å². The van der Waals surface area contributed by atoms with Crippen LogP contribution >= 0.6 is 0 Å². The number of hydrogen-bond acceptors (Lipinski definition) is 1. The van der Waals surface area contributed by atoms with Gasteiger partial charge in [0.1, 0.15) is 0 Å². The molecule has 13 heavy (non-hydrogen) atoms. The van der Waals surface area contributed by atoms with Gasteiger partial charge in [-0.3, -0.25) is 4.79 Å². The van der Waals surface area contributed by atoms with Gasteiger partial charge in [0.25, 0.3) is 0 Å². The standard InChI is InChI=1S/C11H21NO/c1-8(2)9-5-6-10(7-9)11(13)12(3)4/h8-10H,5-7H2,1-4H3. The van der Waals surface area contributed by atoms with Gasteiger partial charge in [0, 0.05) is 20.0 Å². The molecule has 1 amide bonds. The van der Waals surface area contributed by atoms with Gasteiger partial charge in [-0.15, -0.1) is 0 Å². The van der Waals surface area contributed by atoms with Gasteiger partial charge >= 0.3 is 0 Å². The van der Waals surface area contributed by atoms with Gasteiger partial charge < -0.3 is 4.90 Å². The number of rotatable bonds is 2. The van der Waals surface area contributed by atoms with E-state index in [0.717, 1.165) is 24.7 Å². The molecule has 1 saturated carbocycles. The second-order valence-electron chi connectivity index (χ2n) is 4.75. The second-order valence-corrected chi connectivity index (χ2v) is 4.75. The smallest absolute Gasteiger partial charge is 0.225 e. The lowest BCUT2D eigenvalue weighted by atomic mass is 9.93. The molecule has 0 saturated heterocycles. The summed E-state index contributed by atoms with van der Waals surface area (Å²) in [7, 11) is 3.70.